The average molecular weight is 258 g/mol. The molecule has 0 fully saturated rings. The van der Waals surface area contributed by atoms with E-state index in [1.54, 1.807) is 0 Å². The summed E-state index contributed by atoms with van der Waals surface area (Å²) in [6, 6.07) is 0. The van der Waals surface area contributed by atoms with E-state index in [0.29, 0.717) is 6.61 Å². The molecule has 0 radical (unpaired) electrons. The smallest absolute Gasteiger partial charge is 0.192 e. The van der Waals surface area contributed by atoms with Gasteiger partial charge in [-0.05, 0) is 30.1 Å². The Morgan fingerprint density at radius 1 is 1.35 bits per heavy atom. The molecule has 0 saturated carbocycles. The summed E-state index contributed by atoms with van der Waals surface area (Å²) in [7, 11) is -1.72. The van der Waals surface area contributed by atoms with Gasteiger partial charge < -0.3 is 9.53 Å². The Balaban J connectivity index is 4.16. The minimum absolute atomic E-state index is 0.210. The summed E-state index contributed by atoms with van der Waals surface area (Å²) in [5, 5.41) is 10.1. The van der Waals surface area contributed by atoms with Crippen LogP contribution in [0.25, 0.3) is 0 Å². The molecule has 102 valence electrons. The molecule has 0 unspecified atom stereocenters. The zero-order chi connectivity index (χ0) is 13.7. The van der Waals surface area contributed by atoms with Crippen molar-refractivity contribution in [2.75, 3.05) is 6.61 Å². The molecule has 17 heavy (non-hydrogen) atoms. The molecule has 0 heterocycles. The van der Waals surface area contributed by atoms with E-state index in [1.165, 1.54) is 0 Å². The summed E-state index contributed by atoms with van der Waals surface area (Å²) in [5.41, 5.74) is 0.822. The number of aliphatic hydroxyl groups excluding tert-OH is 1. The maximum atomic E-state index is 9.88. The zero-order valence-corrected chi connectivity index (χ0v) is 13.5. The summed E-state index contributed by atoms with van der Waals surface area (Å²) < 4.78 is 6.04. The molecular formula is C14H30O2Si. The molecule has 0 saturated heterocycles. The van der Waals surface area contributed by atoms with E-state index in [4.69, 9.17) is 4.43 Å². The standard InChI is InChI=1S/C14H30O2Si/c1-8-9-10-13(15)12(2)11-16-17(6,7)14(3,4)5/h13,15H,2,8-11H2,1,3-7H3/t13-/m0/s1. The van der Waals surface area contributed by atoms with Crippen molar-refractivity contribution in [3.63, 3.8) is 0 Å². The van der Waals surface area contributed by atoms with E-state index >= 15 is 0 Å². The third-order valence-electron chi connectivity index (χ3n) is 3.73. The Kier molecular flexibility index (Phi) is 6.67. The van der Waals surface area contributed by atoms with Crippen LogP contribution in [0.3, 0.4) is 0 Å². The second-order valence-corrected chi connectivity index (χ2v) is 11.2. The minimum atomic E-state index is -1.72. The topological polar surface area (TPSA) is 29.5 Å². The maximum Gasteiger partial charge on any atom is 0.192 e. The third kappa shape index (κ3) is 5.84. The molecule has 3 heteroatoms. The summed E-state index contributed by atoms with van der Waals surface area (Å²) in [4.78, 5) is 0. The van der Waals surface area contributed by atoms with Gasteiger partial charge in [-0.2, -0.15) is 0 Å². The third-order valence-corrected chi connectivity index (χ3v) is 8.21. The lowest BCUT2D eigenvalue weighted by Crippen LogP contribution is -2.41. The van der Waals surface area contributed by atoms with Crippen LogP contribution in [0.2, 0.25) is 18.1 Å². The van der Waals surface area contributed by atoms with Gasteiger partial charge in [-0.15, -0.1) is 0 Å². The van der Waals surface area contributed by atoms with Gasteiger partial charge >= 0.3 is 0 Å². The van der Waals surface area contributed by atoms with Gasteiger partial charge in [-0.25, -0.2) is 0 Å². The first-order valence-corrected chi connectivity index (χ1v) is 9.52. The maximum absolute atomic E-state index is 9.88. The van der Waals surface area contributed by atoms with Crippen molar-refractivity contribution in [2.45, 2.75) is 71.2 Å². The largest absolute Gasteiger partial charge is 0.413 e. The summed E-state index contributed by atoms with van der Waals surface area (Å²) in [5.74, 6) is 0. The van der Waals surface area contributed by atoms with Gasteiger partial charge in [-0.3, -0.25) is 0 Å². The lowest BCUT2D eigenvalue weighted by molar-refractivity contribution is 0.177. The fraction of sp³-hybridized carbons (Fsp3) is 0.857. The highest BCUT2D eigenvalue weighted by atomic mass is 28.4. The lowest BCUT2D eigenvalue weighted by Gasteiger charge is -2.36. The Morgan fingerprint density at radius 2 is 1.88 bits per heavy atom. The van der Waals surface area contributed by atoms with Crippen LogP contribution in [-0.4, -0.2) is 26.1 Å². The van der Waals surface area contributed by atoms with Crippen LogP contribution in [0.5, 0.6) is 0 Å². The fourth-order valence-corrected chi connectivity index (χ4v) is 2.17. The minimum Gasteiger partial charge on any atom is -0.413 e. The van der Waals surface area contributed by atoms with Crippen LogP contribution < -0.4 is 0 Å². The van der Waals surface area contributed by atoms with Crippen molar-refractivity contribution in [3.05, 3.63) is 12.2 Å². The van der Waals surface area contributed by atoms with E-state index in [-0.39, 0.29) is 5.04 Å². The number of hydrogen-bond donors (Lipinski definition) is 1. The second-order valence-electron chi connectivity index (χ2n) is 6.37. The van der Waals surface area contributed by atoms with Gasteiger partial charge in [0.2, 0.25) is 0 Å². The van der Waals surface area contributed by atoms with Crippen molar-refractivity contribution in [2.24, 2.45) is 0 Å². The lowest BCUT2D eigenvalue weighted by atomic mass is 10.1. The van der Waals surface area contributed by atoms with Crippen molar-refractivity contribution in [1.29, 1.82) is 0 Å². The fourth-order valence-electron chi connectivity index (χ4n) is 1.19. The van der Waals surface area contributed by atoms with Crippen LogP contribution in [0.1, 0.15) is 47.0 Å². The van der Waals surface area contributed by atoms with Gasteiger partial charge in [0.05, 0.1) is 12.7 Å². The van der Waals surface area contributed by atoms with Gasteiger partial charge in [0.1, 0.15) is 0 Å². The number of aliphatic hydroxyl groups is 1. The summed E-state index contributed by atoms with van der Waals surface area (Å²) >= 11 is 0. The molecular weight excluding hydrogens is 228 g/mol. The molecule has 0 aliphatic rings. The molecule has 2 nitrogen and oxygen atoms in total. The monoisotopic (exact) mass is 258 g/mol. The molecule has 0 rings (SSSR count). The molecule has 1 atom stereocenters. The van der Waals surface area contributed by atoms with Crippen molar-refractivity contribution < 1.29 is 9.53 Å². The SMILES string of the molecule is C=C(CO[Si](C)(C)C(C)(C)C)[C@@H](O)CCCC. The first-order valence-electron chi connectivity index (χ1n) is 6.61. The van der Waals surface area contributed by atoms with E-state index in [2.05, 4.69) is 47.4 Å². The highest BCUT2D eigenvalue weighted by Gasteiger charge is 2.37. The molecule has 0 bridgehead atoms. The predicted octanol–water partition coefficient (Wildman–Crippen LogP) is 4.12. The highest BCUT2D eigenvalue weighted by Crippen LogP contribution is 2.36. The van der Waals surface area contributed by atoms with Crippen molar-refractivity contribution in [3.8, 4) is 0 Å². The molecule has 1 N–H and O–H groups in total. The first-order chi connectivity index (χ1) is 7.62. The molecule has 0 aromatic heterocycles. The van der Waals surface area contributed by atoms with E-state index < -0.39 is 14.4 Å². The Bertz CT molecular complexity index is 241. The summed E-state index contributed by atoms with van der Waals surface area (Å²) in [6.45, 7) is 17.7. The highest BCUT2D eigenvalue weighted by molar-refractivity contribution is 6.74. The van der Waals surface area contributed by atoms with Crippen LogP contribution in [0.4, 0.5) is 0 Å². The van der Waals surface area contributed by atoms with Crippen LogP contribution >= 0.6 is 0 Å². The van der Waals surface area contributed by atoms with Gasteiger partial charge in [-0.1, -0.05) is 47.1 Å². The predicted molar refractivity (Wildman–Crippen MR) is 77.8 cm³/mol. The summed E-state index contributed by atoms with van der Waals surface area (Å²) in [6.07, 6.45) is 2.55. The Hall–Kier alpha value is -0.123. The van der Waals surface area contributed by atoms with Crippen LogP contribution in [-0.2, 0) is 4.43 Å². The second kappa shape index (κ2) is 6.71. The molecule has 0 aliphatic carbocycles. The van der Waals surface area contributed by atoms with Gasteiger partial charge in [0.25, 0.3) is 0 Å². The van der Waals surface area contributed by atoms with Crippen LogP contribution in [0.15, 0.2) is 12.2 Å². The number of rotatable bonds is 7. The van der Waals surface area contributed by atoms with Crippen molar-refractivity contribution in [1.82, 2.24) is 0 Å². The Morgan fingerprint density at radius 3 is 2.29 bits per heavy atom. The molecule has 0 amide bonds. The molecule has 0 aromatic rings. The zero-order valence-electron chi connectivity index (χ0n) is 12.5. The van der Waals surface area contributed by atoms with E-state index in [1.807, 2.05) is 0 Å². The van der Waals surface area contributed by atoms with E-state index in [9.17, 15) is 5.11 Å². The van der Waals surface area contributed by atoms with E-state index in [0.717, 1.165) is 24.8 Å². The number of unbranched alkanes of at least 4 members (excludes halogenated alkanes) is 1. The van der Waals surface area contributed by atoms with Crippen LogP contribution in [0, 0.1) is 0 Å². The quantitative estimate of drug-likeness (QED) is 0.550. The molecule has 0 spiro atoms. The van der Waals surface area contributed by atoms with Gasteiger partial charge in [0.15, 0.2) is 8.32 Å². The molecule has 0 aliphatic heterocycles. The van der Waals surface area contributed by atoms with Crippen molar-refractivity contribution >= 4 is 8.32 Å². The Labute approximate surface area is 108 Å². The normalized spacial score (nSPS) is 14.8. The average Bonchev–Trinajstić information content (AvgIpc) is 2.20. The molecule has 0 aromatic carbocycles. The number of hydrogen-bond acceptors (Lipinski definition) is 2. The first kappa shape index (κ1) is 16.9. The van der Waals surface area contributed by atoms with Gasteiger partial charge in [0, 0.05) is 0 Å².